The van der Waals surface area contributed by atoms with Crippen molar-refractivity contribution in [3.05, 3.63) is 12.2 Å². The summed E-state index contributed by atoms with van der Waals surface area (Å²) in [6, 6.07) is 0.679. The molecule has 3 rings (SSSR count). The van der Waals surface area contributed by atoms with Gasteiger partial charge in [0.1, 0.15) is 12.2 Å². The molecule has 2 fully saturated rings. The van der Waals surface area contributed by atoms with Crippen LogP contribution in [-0.2, 0) is 13.1 Å². The molecule has 1 aliphatic heterocycles. The molecule has 5 heteroatoms. The predicted molar refractivity (Wildman–Crippen MR) is 83.9 cm³/mol. The number of aryl methyl sites for hydroxylation is 1. The monoisotopic (exact) mass is 291 g/mol. The molecule has 1 saturated heterocycles. The van der Waals surface area contributed by atoms with Crippen LogP contribution in [0.2, 0.25) is 0 Å². The average Bonchev–Trinajstić information content (AvgIpc) is 3.26. The minimum absolute atomic E-state index is 0.280. The maximum atomic E-state index is 4.48. The highest BCUT2D eigenvalue weighted by atomic mass is 15.4. The van der Waals surface area contributed by atoms with Gasteiger partial charge in [-0.3, -0.25) is 4.90 Å². The van der Waals surface area contributed by atoms with E-state index in [2.05, 4.69) is 41.1 Å². The fourth-order valence-electron chi connectivity index (χ4n) is 3.71. The summed E-state index contributed by atoms with van der Waals surface area (Å²) in [5.41, 5.74) is 0.280. The molecule has 1 atom stereocenters. The highest BCUT2D eigenvalue weighted by Crippen LogP contribution is 2.38. The van der Waals surface area contributed by atoms with Gasteiger partial charge in [-0.2, -0.15) is 5.10 Å². The zero-order chi connectivity index (χ0) is 14.9. The lowest BCUT2D eigenvalue weighted by molar-refractivity contribution is 0.0526. The lowest BCUT2D eigenvalue weighted by Gasteiger charge is -2.47. The van der Waals surface area contributed by atoms with Gasteiger partial charge in [0.15, 0.2) is 0 Å². The van der Waals surface area contributed by atoms with Crippen molar-refractivity contribution < 1.29 is 0 Å². The Morgan fingerprint density at radius 2 is 2.05 bits per heavy atom. The molecule has 0 amide bonds. The maximum absolute atomic E-state index is 4.48. The Kier molecular flexibility index (Phi) is 4.31. The van der Waals surface area contributed by atoms with Crippen LogP contribution in [0.4, 0.5) is 0 Å². The average molecular weight is 291 g/mol. The van der Waals surface area contributed by atoms with E-state index >= 15 is 0 Å². The summed E-state index contributed by atoms with van der Waals surface area (Å²) < 4.78 is 2.03. The molecule has 118 valence electrons. The van der Waals surface area contributed by atoms with Gasteiger partial charge in [-0.15, -0.1) is 0 Å². The molecule has 0 spiro atoms. The fraction of sp³-hybridized carbons (Fsp3) is 0.875. The van der Waals surface area contributed by atoms with Crippen LogP contribution in [0, 0.1) is 5.92 Å². The van der Waals surface area contributed by atoms with Crippen molar-refractivity contribution in [2.24, 2.45) is 5.92 Å². The second kappa shape index (κ2) is 6.05. The summed E-state index contributed by atoms with van der Waals surface area (Å²) >= 11 is 0. The molecular formula is C16H29N5. The van der Waals surface area contributed by atoms with E-state index < -0.39 is 0 Å². The third-order valence-corrected chi connectivity index (χ3v) is 5.52. The smallest absolute Gasteiger partial charge is 0.141 e. The number of piperazine rings is 1. The van der Waals surface area contributed by atoms with Crippen molar-refractivity contribution in [3.63, 3.8) is 0 Å². The summed E-state index contributed by atoms with van der Waals surface area (Å²) in [5.74, 6) is 2.01. The van der Waals surface area contributed by atoms with Gasteiger partial charge >= 0.3 is 0 Å². The Bertz CT molecular complexity index is 461. The molecule has 1 aliphatic carbocycles. The number of hydrogen-bond acceptors (Lipinski definition) is 4. The molecule has 2 aliphatic rings. The lowest BCUT2D eigenvalue weighted by Crippen LogP contribution is -2.64. The maximum Gasteiger partial charge on any atom is 0.141 e. The normalized spacial score (nSPS) is 26.1. The van der Waals surface area contributed by atoms with Crippen LogP contribution in [0.3, 0.4) is 0 Å². The molecule has 1 aromatic rings. The number of rotatable bonds is 6. The van der Waals surface area contributed by atoms with Crippen LogP contribution in [0.1, 0.15) is 52.3 Å². The molecule has 0 bridgehead atoms. The van der Waals surface area contributed by atoms with Gasteiger partial charge in [-0.25, -0.2) is 9.67 Å². The summed E-state index contributed by atoms with van der Waals surface area (Å²) in [6.07, 6.45) is 6.87. The van der Waals surface area contributed by atoms with Crippen LogP contribution in [0.15, 0.2) is 6.33 Å². The highest BCUT2D eigenvalue weighted by molar-refractivity contribution is 5.02. The predicted octanol–water partition coefficient (Wildman–Crippen LogP) is 2.04. The minimum atomic E-state index is 0.280. The van der Waals surface area contributed by atoms with Crippen molar-refractivity contribution in [3.8, 4) is 0 Å². The van der Waals surface area contributed by atoms with Crippen LogP contribution in [0.25, 0.3) is 0 Å². The molecule has 21 heavy (non-hydrogen) atoms. The standard InChI is InChI=1S/C16H29N5/c1-4-16(5-2)11-20(14(9-18-16)13-7-8-13)10-15-17-12-19-21(15)6-3/h12-14,18H,4-11H2,1-3H3. The molecule has 2 heterocycles. The van der Waals surface area contributed by atoms with Gasteiger partial charge in [0.2, 0.25) is 0 Å². The van der Waals surface area contributed by atoms with Crippen molar-refractivity contribution in [1.82, 2.24) is 25.0 Å². The Morgan fingerprint density at radius 1 is 1.29 bits per heavy atom. The first-order chi connectivity index (χ1) is 10.2. The topological polar surface area (TPSA) is 46.0 Å². The van der Waals surface area contributed by atoms with E-state index in [-0.39, 0.29) is 5.54 Å². The van der Waals surface area contributed by atoms with E-state index in [4.69, 9.17) is 0 Å². The van der Waals surface area contributed by atoms with Crippen LogP contribution in [-0.4, -0.2) is 44.3 Å². The van der Waals surface area contributed by atoms with Crippen molar-refractivity contribution >= 4 is 0 Å². The minimum Gasteiger partial charge on any atom is -0.308 e. The first-order valence-corrected chi connectivity index (χ1v) is 8.57. The van der Waals surface area contributed by atoms with E-state index in [0.717, 1.165) is 37.9 Å². The molecule has 5 nitrogen and oxygen atoms in total. The SMILES string of the molecule is CCn1ncnc1CN1CC(CC)(CC)NCC1C1CC1. The Morgan fingerprint density at radius 3 is 2.67 bits per heavy atom. The molecule has 1 unspecified atom stereocenters. The number of nitrogens with zero attached hydrogens (tertiary/aromatic N) is 4. The van der Waals surface area contributed by atoms with Gasteiger partial charge in [0.25, 0.3) is 0 Å². The van der Waals surface area contributed by atoms with Crippen molar-refractivity contribution in [2.75, 3.05) is 13.1 Å². The Labute approximate surface area is 128 Å². The third kappa shape index (κ3) is 2.99. The zero-order valence-corrected chi connectivity index (χ0v) is 13.7. The van der Waals surface area contributed by atoms with Crippen LogP contribution in [0.5, 0.6) is 0 Å². The van der Waals surface area contributed by atoms with E-state index in [1.165, 1.54) is 25.7 Å². The molecule has 1 saturated carbocycles. The number of aromatic nitrogens is 3. The summed E-state index contributed by atoms with van der Waals surface area (Å²) in [5, 5.41) is 8.18. The first kappa shape index (κ1) is 15.0. The zero-order valence-electron chi connectivity index (χ0n) is 13.7. The van der Waals surface area contributed by atoms with Gasteiger partial charge in [0, 0.05) is 31.2 Å². The van der Waals surface area contributed by atoms with Gasteiger partial charge in [-0.05, 0) is 38.5 Å². The Balaban J connectivity index is 1.77. The Hall–Kier alpha value is -0.940. The highest BCUT2D eigenvalue weighted by Gasteiger charge is 2.43. The van der Waals surface area contributed by atoms with E-state index in [1.807, 2.05) is 4.68 Å². The second-order valence-corrected chi connectivity index (χ2v) is 6.67. The number of nitrogens with one attached hydrogen (secondary N) is 1. The lowest BCUT2D eigenvalue weighted by atomic mass is 9.87. The van der Waals surface area contributed by atoms with Crippen molar-refractivity contribution in [1.29, 1.82) is 0 Å². The van der Waals surface area contributed by atoms with Gasteiger partial charge in [0.05, 0.1) is 6.54 Å². The molecule has 1 aromatic heterocycles. The van der Waals surface area contributed by atoms with Crippen LogP contribution < -0.4 is 5.32 Å². The van der Waals surface area contributed by atoms with Gasteiger partial charge in [-0.1, -0.05) is 13.8 Å². The second-order valence-electron chi connectivity index (χ2n) is 6.67. The third-order valence-electron chi connectivity index (χ3n) is 5.52. The molecular weight excluding hydrogens is 262 g/mol. The molecule has 1 N–H and O–H groups in total. The first-order valence-electron chi connectivity index (χ1n) is 8.57. The summed E-state index contributed by atoms with van der Waals surface area (Å²) in [4.78, 5) is 7.16. The summed E-state index contributed by atoms with van der Waals surface area (Å²) in [6.45, 7) is 10.9. The van der Waals surface area contributed by atoms with E-state index in [9.17, 15) is 0 Å². The largest absolute Gasteiger partial charge is 0.308 e. The quantitative estimate of drug-likeness (QED) is 0.871. The molecule has 0 radical (unpaired) electrons. The molecule has 0 aromatic carbocycles. The van der Waals surface area contributed by atoms with E-state index in [0.29, 0.717) is 6.04 Å². The summed E-state index contributed by atoms with van der Waals surface area (Å²) in [7, 11) is 0. The number of hydrogen-bond donors (Lipinski definition) is 1. The van der Waals surface area contributed by atoms with Crippen LogP contribution >= 0.6 is 0 Å². The van der Waals surface area contributed by atoms with E-state index in [1.54, 1.807) is 6.33 Å². The fourth-order valence-corrected chi connectivity index (χ4v) is 3.71. The van der Waals surface area contributed by atoms with Gasteiger partial charge < -0.3 is 5.32 Å². The van der Waals surface area contributed by atoms with Crippen molar-refractivity contribution in [2.45, 2.75) is 71.1 Å².